The zero-order valence-corrected chi connectivity index (χ0v) is 19.3. The van der Waals surface area contributed by atoms with Crippen molar-refractivity contribution in [2.75, 3.05) is 34.3 Å². The molecule has 1 amide bonds. The Labute approximate surface area is 190 Å². The van der Waals surface area contributed by atoms with Crippen molar-refractivity contribution in [2.45, 2.75) is 19.4 Å². The molecule has 31 heavy (non-hydrogen) atoms. The van der Waals surface area contributed by atoms with Gasteiger partial charge < -0.3 is 24.1 Å². The van der Waals surface area contributed by atoms with Gasteiger partial charge in [-0.25, -0.2) is 0 Å². The number of methoxy groups -OCH3 is 1. The van der Waals surface area contributed by atoms with Gasteiger partial charge in [-0.3, -0.25) is 9.59 Å². The summed E-state index contributed by atoms with van der Waals surface area (Å²) in [7, 11) is 5.28. The molecule has 2 heterocycles. The predicted octanol–water partition coefficient (Wildman–Crippen LogP) is 4.28. The number of benzene rings is 1. The normalized spacial score (nSPS) is 18.3. The summed E-state index contributed by atoms with van der Waals surface area (Å²) in [5.74, 6) is -0.575. The van der Waals surface area contributed by atoms with Gasteiger partial charge in [-0.05, 0) is 58.3 Å². The third-order valence-electron chi connectivity index (χ3n) is 5.05. The zero-order chi connectivity index (χ0) is 22.9. The fourth-order valence-electron chi connectivity index (χ4n) is 3.61. The number of rotatable bonds is 7. The number of ketones is 1. The van der Waals surface area contributed by atoms with Gasteiger partial charge >= 0.3 is 0 Å². The van der Waals surface area contributed by atoms with Crippen LogP contribution in [0.4, 0.5) is 0 Å². The molecule has 7 nitrogen and oxygen atoms in total. The third-order valence-corrected chi connectivity index (χ3v) is 5.61. The predicted molar refractivity (Wildman–Crippen MR) is 119 cm³/mol. The van der Waals surface area contributed by atoms with E-state index in [0.29, 0.717) is 24.5 Å². The van der Waals surface area contributed by atoms with E-state index in [-0.39, 0.29) is 32.7 Å². The van der Waals surface area contributed by atoms with Crippen LogP contribution in [0.25, 0.3) is 5.76 Å². The Balaban J connectivity index is 2.11. The highest BCUT2D eigenvalue weighted by Crippen LogP contribution is 2.42. The summed E-state index contributed by atoms with van der Waals surface area (Å²) in [5, 5.41) is 11.4. The summed E-state index contributed by atoms with van der Waals surface area (Å²) in [6.45, 7) is 2.83. The Kier molecular flexibility index (Phi) is 6.99. The van der Waals surface area contributed by atoms with Crippen molar-refractivity contribution in [1.29, 1.82) is 0 Å². The number of halogens is 2. The molecule has 1 atom stereocenters. The first-order valence-electron chi connectivity index (χ1n) is 9.68. The van der Waals surface area contributed by atoms with Crippen molar-refractivity contribution >= 4 is 40.7 Å². The lowest BCUT2D eigenvalue weighted by atomic mass is 9.99. The molecule has 1 aromatic heterocycles. The topological polar surface area (TPSA) is 83.2 Å². The van der Waals surface area contributed by atoms with Gasteiger partial charge in [0, 0.05) is 12.1 Å². The minimum absolute atomic E-state index is 0.0681. The van der Waals surface area contributed by atoms with Crippen LogP contribution in [0.2, 0.25) is 10.0 Å². The molecule has 0 radical (unpaired) electrons. The lowest BCUT2D eigenvalue weighted by molar-refractivity contribution is -0.140. The first-order chi connectivity index (χ1) is 14.6. The largest absolute Gasteiger partial charge is 0.507 e. The number of carbonyl (C=O) groups is 2. The smallest absolute Gasteiger partial charge is 0.295 e. The van der Waals surface area contributed by atoms with Gasteiger partial charge in [-0.15, -0.1) is 0 Å². The standard InChI is InChI=1S/C22H24Cl2N2O5/c1-12-6-7-16(31-12)18-17(20(28)22(29)26(18)9-5-8-25(2)3)19(27)13-10-14(23)21(30-4)15(24)11-13/h6-7,10-11,18,27H,5,8-9H2,1-4H3/b19-17-. The van der Waals surface area contributed by atoms with Gasteiger partial charge in [0.1, 0.15) is 23.3 Å². The van der Waals surface area contributed by atoms with Gasteiger partial charge in [0.15, 0.2) is 5.75 Å². The summed E-state index contributed by atoms with van der Waals surface area (Å²) in [4.78, 5) is 29.2. The fourth-order valence-corrected chi connectivity index (χ4v) is 4.25. The van der Waals surface area contributed by atoms with Crippen LogP contribution in [0.1, 0.15) is 29.5 Å². The molecule has 1 aliphatic rings. The Morgan fingerprint density at radius 1 is 1.23 bits per heavy atom. The number of aryl methyl sites for hydroxylation is 1. The molecule has 0 aliphatic carbocycles. The minimum Gasteiger partial charge on any atom is -0.507 e. The number of furan rings is 1. The first kappa shape index (κ1) is 23.2. The maximum absolute atomic E-state index is 13.0. The number of carbonyl (C=O) groups excluding carboxylic acids is 2. The van der Waals surface area contributed by atoms with Crippen LogP contribution in [0.5, 0.6) is 5.75 Å². The van der Waals surface area contributed by atoms with Crippen LogP contribution in [0.15, 0.2) is 34.3 Å². The first-order valence-corrected chi connectivity index (χ1v) is 10.4. The number of nitrogens with zero attached hydrogens (tertiary/aromatic N) is 2. The summed E-state index contributed by atoms with van der Waals surface area (Å²) in [6, 6.07) is 5.47. The molecule has 1 saturated heterocycles. The van der Waals surface area contributed by atoms with Crippen LogP contribution in [0.3, 0.4) is 0 Å². The molecular weight excluding hydrogens is 443 g/mol. The Bertz CT molecular complexity index is 1020. The maximum atomic E-state index is 13.0. The number of Topliss-reactive ketones (excluding diaryl/α,β-unsaturated/α-hetero) is 1. The van der Waals surface area contributed by atoms with Crippen LogP contribution >= 0.6 is 23.2 Å². The zero-order valence-electron chi connectivity index (χ0n) is 17.7. The van der Waals surface area contributed by atoms with Crippen molar-refractivity contribution in [1.82, 2.24) is 9.80 Å². The van der Waals surface area contributed by atoms with Crippen molar-refractivity contribution in [2.24, 2.45) is 0 Å². The van der Waals surface area contributed by atoms with Gasteiger partial charge in [-0.2, -0.15) is 0 Å². The fraction of sp³-hybridized carbons (Fsp3) is 0.364. The SMILES string of the molecule is COc1c(Cl)cc(/C(O)=C2/C(=O)C(=O)N(CCCN(C)C)C2c2ccc(C)o2)cc1Cl. The number of aliphatic hydroxyl groups is 1. The second-order valence-electron chi connectivity index (χ2n) is 7.57. The monoisotopic (exact) mass is 466 g/mol. The number of likely N-dealkylation sites (tertiary alicyclic amines) is 1. The van der Waals surface area contributed by atoms with Crippen molar-refractivity contribution < 1.29 is 23.8 Å². The summed E-state index contributed by atoms with van der Waals surface area (Å²) >= 11 is 12.4. The second kappa shape index (κ2) is 9.34. The summed E-state index contributed by atoms with van der Waals surface area (Å²) in [6.07, 6.45) is 0.649. The highest BCUT2D eigenvalue weighted by atomic mass is 35.5. The minimum atomic E-state index is -0.851. The van der Waals surface area contributed by atoms with E-state index in [1.807, 2.05) is 19.0 Å². The van der Waals surface area contributed by atoms with E-state index in [4.69, 9.17) is 32.4 Å². The molecule has 1 fully saturated rings. The van der Waals surface area contributed by atoms with E-state index in [1.54, 1.807) is 19.1 Å². The Hall–Kier alpha value is -2.48. The number of aliphatic hydroxyl groups excluding tert-OH is 1. The second-order valence-corrected chi connectivity index (χ2v) is 8.39. The van der Waals surface area contributed by atoms with E-state index < -0.39 is 17.7 Å². The van der Waals surface area contributed by atoms with Crippen LogP contribution in [0, 0.1) is 6.92 Å². The van der Waals surface area contributed by atoms with Crippen molar-refractivity contribution in [3.8, 4) is 5.75 Å². The van der Waals surface area contributed by atoms with E-state index in [9.17, 15) is 14.7 Å². The molecule has 3 rings (SSSR count). The van der Waals surface area contributed by atoms with E-state index >= 15 is 0 Å². The van der Waals surface area contributed by atoms with Gasteiger partial charge in [0.2, 0.25) is 0 Å². The molecule has 2 aromatic rings. The number of ether oxygens (including phenoxy) is 1. The van der Waals surface area contributed by atoms with Gasteiger partial charge in [0.05, 0.1) is 22.7 Å². The average Bonchev–Trinajstić information content (AvgIpc) is 3.23. The molecule has 9 heteroatoms. The Morgan fingerprint density at radius 3 is 2.39 bits per heavy atom. The highest BCUT2D eigenvalue weighted by Gasteiger charge is 2.47. The van der Waals surface area contributed by atoms with E-state index in [1.165, 1.54) is 24.1 Å². The van der Waals surface area contributed by atoms with Crippen molar-refractivity contribution in [3.05, 3.63) is 57.0 Å². The molecule has 0 saturated carbocycles. The average molecular weight is 467 g/mol. The molecule has 166 valence electrons. The highest BCUT2D eigenvalue weighted by molar-refractivity contribution is 6.46. The summed E-state index contributed by atoms with van der Waals surface area (Å²) < 4.78 is 10.9. The van der Waals surface area contributed by atoms with Crippen LogP contribution in [-0.2, 0) is 9.59 Å². The molecule has 1 aromatic carbocycles. The van der Waals surface area contributed by atoms with Crippen molar-refractivity contribution in [3.63, 3.8) is 0 Å². The lowest BCUT2D eigenvalue weighted by Gasteiger charge is -2.24. The quantitative estimate of drug-likeness (QED) is 0.372. The van der Waals surface area contributed by atoms with E-state index in [0.717, 1.165) is 6.54 Å². The maximum Gasteiger partial charge on any atom is 0.295 e. The van der Waals surface area contributed by atoms with Gasteiger partial charge in [0.25, 0.3) is 11.7 Å². The molecule has 0 spiro atoms. The Morgan fingerprint density at radius 2 is 1.87 bits per heavy atom. The lowest BCUT2D eigenvalue weighted by Crippen LogP contribution is -2.32. The van der Waals surface area contributed by atoms with E-state index in [2.05, 4.69) is 0 Å². The molecule has 1 unspecified atom stereocenters. The molecule has 1 N–H and O–H groups in total. The van der Waals surface area contributed by atoms with Crippen LogP contribution < -0.4 is 4.74 Å². The summed E-state index contributed by atoms with van der Waals surface area (Å²) in [5.41, 5.74) is 0.136. The molecule has 0 bridgehead atoms. The number of hydrogen-bond donors (Lipinski definition) is 1. The van der Waals surface area contributed by atoms with Gasteiger partial charge in [-0.1, -0.05) is 23.2 Å². The number of amides is 1. The number of hydrogen-bond acceptors (Lipinski definition) is 6. The molecular formula is C22H24Cl2N2O5. The molecule has 1 aliphatic heterocycles. The van der Waals surface area contributed by atoms with Crippen LogP contribution in [-0.4, -0.2) is 60.9 Å². The third kappa shape index (κ3) is 4.59.